The highest BCUT2D eigenvalue weighted by molar-refractivity contribution is 7.89. The normalized spacial score (nSPS) is 19.6. The van der Waals surface area contributed by atoms with Crippen molar-refractivity contribution in [3.8, 4) is 0 Å². The first kappa shape index (κ1) is 13.3. The lowest BCUT2D eigenvalue weighted by Crippen LogP contribution is -2.61. The quantitative estimate of drug-likeness (QED) is 0.874. The van der Waals surface area contributed by atoms with Crippen molar-refractivity contribution in [3.05, 3.63) is 29.6 Å². The number of hydrogen-bond acceptors (Lipinski definition) is 3. The van der Waals surface area contributed by atoms with Crippen molar-refractivity contribution in [1.29, 1.82) is 0 Å². The minimum Gasteiger partial charge on any atom is -0.387 e. The first-order valence-electron chi connectivity index (χ1n) is 5.00. The minimum atomic E-state index is -4.39. The summed E-state index contributed by atoms with van der Waals surface area (Å²) >= 11 is 0. The van der Waals surface area contributed by atoms with E-state index in [-0.39, 0.29) is 13.1 Å². The van der Waals surface area contributed by atoms with Crippen LogP contribution in [0, 0.1) is 17.5 Å². The average molecular weight is 281 g/mol. The molecule has 1 aliphatic heterocycles. The Morgan fingerprint density at radius 1 is 1.22 bits per heavy atom. The number of β-amino-alcohol motifs (C(OH)–C–C–N with tert-alkyl or cyclic N) is 1. The maximum Gasteiger partial charge on any atom is 0.249 e. The fourth-order valence-corrected chi connectivity index (χ4v) is 3.55. The second-order valence-electron chi connectivity index (χ2n) is 4.47. The lowest BCUT2D eigenvalue weighted by Gasteiger charge is -2.42. The van der Waals surface area contributed by atoms with Crippen molar-refractivity contribution in [2.75, 3.05) is 13.1 Å². The molecule has 0 unspecified atom stereocenters. The van der Waals surface area contributed by atoms with E-state index in [9.17, 15) is 26.7 Å². The largest absolute Gasteiger partial charge is 0.387 e. The zero-order chi connectivity index (χ0) is 13.7. The number of aliphatic hydroxyl groups is 1. The summed E-state index contributed by atoms with van der Waals surface area (Å²) in [6, 6.07) is 0.599. The molecule has 8 heteroatoms. The van der Waals surface area contributed by atoms with Crippen molar-refractivity contribution in [3.63, 3.8) is 0 Å². The molecule has 1 aromatic rings. The Morgan fingerprint density at radius 2 is 1.67 bits per heavy atom. The molecule has 0 aliphatic carbocycles. The second kappa shape index (κ2) is 3.94. The zero-order valence-electron chi connectivity index (χ0n) is 9.32. The molecule has 4 nitrogen and oxygen atoms in total. The number of halogens is 3. The van der Waals surface area contributed by atoms with Crippen LogP contribution in [0.5, 0.6) is 0 Å². The molecule has 2 rings (SSSR count). The molecule has 0 atom stereocenters. The van der Waals surface area contributed by atoms with Crippen LogP contribution in [0.15, 0.2) is 17.0 Å². The van der Waals surface area contributed by atoms with Gasteiger partial charge in [-0.1, -0.05) is 0 Å². The first-order valence-corrected chi connectivity index (χ1v) is 6.44. The third-order valence-corrected chi connectivity index (χ3v) is 4.44. The summed E-state index contributed by atoms with van der Waals surface area (Å²) in [5.41, 5.74) is -1.21. The van der Waals surface area contributed by atoms with Gasteiger partial charge in [-0.25, -0.2) is 21.6 Å². The summed E-state index contributed by atoms with van der Waals surface area (Å²) in [5.74, 6) is -4.17. The SMILES string of the molecule is CC1(O)CN(S(=O)(=O)c2c(F)cc(F)cc2F)C1. The van der Waals surface area contributed by atoms with Crippen molar-refractivity contribution < 1.29 is 26.7 Å². The Bertz CT molecular complexity index is 569. The van der Waals surface area contributed by atoms with Crippen LogP contribution in [-0.2, 0) is 10.0 Å². The Hall–Kier alpha value is -1.12. The van der Waals surface area contributed by atoms with Gasteiger partial charge in [0.2, 0.25) is 10.0 Å². The maximum absolute atomic E-state index is 13.4. The van der Waals surface area contributed by atoms with E-state index in [0.717, 1.165) is 4.31 Å². The average Bonchev–Trinajstić information content (AvgIpc) is 2.11. The molecule has 0 aromatic heterocycles. The van der Waals surface area contributed by atoms with Crippen molar-refractivity contribution in [2.45, 2.75) is 17.4 Å². The fraction of sp³-hybridized carbons (Fsp3) is 0.400. The summed E-state index contributed by atoms with van der Waals surface area (Å²) in [6.07, 6.45) is 0. The molecule has 1 N–H and O–H groups in total. The lowest BCUT2D eigenvalue weighted by atomic mass is 10.0. The molecule has 1 aromatic carbocycles. The van der Waals surface area contributed by atoms with Crippen LogP contribution in [0.2, 0.25) is 0 Å². The van der Waals surface area contributed by atoms with Gasteiger partial charge in [0.1, 0.15) is 17.5 Å². The third-order valence-electron chi connectivity index (χ3n) is 2.59. The molecule has 100 valence electrons. The summed E-state index contributed by atoms with van der Waals surface area (Å²) in [6.45, 7) is 0.883. The Labute approximate surface area is 102 Å². The number of nitrogens with zero attached hydrogens (tertiary/aromatic N) is 1. The first-order chi connectivity index (χ1) is 8.13. The standard InChI is InChI=1S/C10H10F3NO3S/c1-10(15)4-14(5-10)18(16,17)9-7(12)2-6(11)3-8(9)13/h2-3,15H,4-5H2,1H3. The van der Waals surface area contributed by atoms with Crippen LogP contribution in [0.4, 0.5) is 13.2 Å². The third kappa shape index (κ3) is 2.11. The van der Waals surface area contributed by atoms with E-state index in [0.29, 0.717) is 12.1 Å². The molecule has 1 saturated heterocycles. The molecule has 0 radical (unpaired) electrons. The molecule has 0 amide bonds. The molecular formula is C10H10F3NO3S. The van der Waals surface area contributed by atoms with Gasteiger partial charge in [-0.3, -0.25) is 0 Å². The van der Waals surface area contributed by atoms with Crippen LogP contribution >= 0.6 is 0 Å². The minimum absolute atomic E-state index is 0.258. The highest BCUT2D eigenvalue weighted by Gasteiger charge is 2.45. The molecule has 0 spiro atoms. The van der Waals surface area contributed by atoms with Gasteiger partial charge in [-0.05, 0) is 6.92 Å². The monoisotopic (exact) mass is 281 g/mol. The van der Waals surface area contributed by atoms with Crippen molar-refractivity contribution in [1.82, 2.24) is 4.31 Å². The second-order valence-corrected chi connectivity index (χ2v) is 6.34. The van der Waals surface area contributed by atoms with E-state index in [1.807, 2.05) is 0 Å². The zero-order valence-corrected chi connectivity index (χ0v) is 10.1. The molecule has 1 fully saturated rings. The van der Waals surface area contributed by atoms with Crippen LogP contribution in [0.3, 0.4) is 0 Å². The predicted octanol–water partition coefficient (Wildman–Crippen LogP) is 0.859. The summed E-state index contributed by atoms with van der Waals surface area (Å²) in [5, 5.41) is 9.42. The van der Waals surface area contributed by atoms with Crippen LogP contribution in [0.25, 0.3) is 0 Å². The van der Waals surface area contributed by atoms with Crippen LogP contribution < -0.4 is 0 Å². The van der Waals surface area contributed by atoms with Crippen molar-refractivity contribution in [2.24, 2.45) is 0 Å². The summed E-state index contributed by atoms with van der Waals surface area (Å²) < 4.78 is 63.9. The lowest BCUT2D eigenvalue weighted by molar-refractivity contribution is -0.0428. The van der Waals surface area contributed by atoms with Gasteiger partial charge in [0, 0.05) is 25.2 Å². The highest BCUT2D eigenvalue weighted by Crippen LogP contribution is 2.30. The van der Waals surface area contributed by atoms with Gasteiger partial charge in [0.25, 0.3) is 0 Å². The van der Waals surface area contributed by atoms with Gasteiger partial charge >= 0.3 is 0 Å². The Kier molecular flexibility index (Phi) is 2.91. The Morgan fingerprint density at radius 3 is 2.06 bits per heavy atom. The van der Waals surface area contributed by atoms with Gasteiger partial charge in [0.05, 0.1) is 5.60 Å². The van der Waals surface area contributed by atoms with Crippen molar-refractivity contribution >= 4 is 10.0 Å². The van der Waals surface area contributed by atoms with Gasteiger partial charge < -0.3 is 5.11 Å². The number of hydrogen-bond donors (Lipinski definition) is 1. The van der Waals surface area contributed by atoms with Crippen LogP contribution in [0.1, 0.15) is 6.92 Å². The maximum atomic E-state index is 13.4. The van der Waals surface area contributed by atoms with E-state index < -0.39 is 38.0 Å². The highest BCUT2D eigenvalue weighted by atomic mass is 32.2. The smallest absolute Gasteiger partial charge is 0.249 e. The molecule has 18 heavy (non-hydrogen) atoms. The molecular weight excluding hydrogens is 271 g/mol. The summed E-state index contributed by atoms with van der Waals surface area (Å²) in [7, 11) is -4.39. The fourth-order valence-electron chi connectivity index (χ4n) is 1.79. The summed E-state index contributed by atoms with van der Waals surface area (Å²) in [4.78, 5) is -1.20. The molecule has 0 saturated carbocycles. The number of benzene rings is 1. The van der Waals surface area contributed by atoms with Crippen LogP contribution in [-0.4, -0.2) is 36.5 Å². The number of rotatable bonds is 2. The van der Waals surface area contributed by atoms with E-state index >= 15 is 0 Å². The molecule has 1 heterocycles. The topological polar surface area (TPSA) is 57.6 Å². The Balaban J connectivity index is 2.44. The molecule has 1 aliphatic rings. The van der Waals surface area contributed by atoms with E-state index in [4.69, 9.17) is 0 Å². The van der Waals surface area contributed by atoms with E-state index in [2.05, 4.69) is 0 Å². The molecule has 0 bridgehead atoms. The van der Waals surface area contributed by atoms with E-state index in [1.165, 1.54) is 6.92 Å². The predicted molar refractivity (Wildman–Crippen MR) is 55.7 cm³/mol. The van der Waals surface area contributed by atoms with Gasteiger partial charge in [0.15, 0.2) is 4.90 Å². The number of sulfonamides is 1. The van der Waals surface area contributed by atoms with Gasteiger partial charge in [-0.2, -0.15) is 4.31 Å². The van der Waals surface area contributed by atoms with Gasteiger partial charge in [-0.15, -0.1) is 0 Å². The van der Waals surface area contributed by atoms with E-state index in [1.54, 1.807) is 0 Å².